The zero-order chi connectivity index (χ0) is 14.2. The van der Waals surface area contributed by atoms with Crippen molar-refractivity contribution in [2.24, 2.45) is 0 Å². The van der Waals surface area contributed by atoms with Gasteiger partial charge >= 0.3 is 6.18 Å². The van der Waals surface area contributed by atoms with Crippen molar-refractivity contribution in [2.45, 2.75) is 16.4 Å². The lowest BCUT2D eigenvalue weighted by Crippen LogP contribution is -2.21. The molecule has 0 saturated heterocycles. The summed E-state index contributed by atoms with van der Waals surface area (Å²) in [6.07, 6.45) is -4.69. The van der Waals surface area contributed by atoms with E-state index in [1.165, 1.54) is 6.07 Å². The van der Waals surface area contributed by atoms with Crippen molar-refractivity contribution in [3.63, 3.8) is 0 Å². The molecule has 102 valence electrons. The minimum Gasteiger partial charge on any atom is -0.368 e. The quantitative estimate of drug-likeness (QED) is 0.633. The highest BCUT2D eigenvalue weighted by Crippen LogP contribution is 2.31. The zero-order valence-corrected chi connectivity index (χ0v) is 10.5. The number of nitrogens with zero attached hydrogens (tertiary/aromatic N) is 5. The summed E-state index contributed by atoms with van der Waals surface area (Å²) < 4.78 is 37.7. The third-order valence-electron chi connectivity index (χ3n) is 1.80. The second-order valence-electron chi connectivity index (χ2n) is 3.16. The van der Waals surface area contributed by atoms with Gasteiger partial charge in [-0.05, 0) is 11.8 Å². The van der Waals surface area contributed by atoms with Crippen LogP contribution in [0.15, 0.2) is 16.2 Å². The van der Waals surface area contributed by atoms with E-state index in [1.807, 2.05) is 0 Å². The van der Waals surface area contributed by atoms with Crippen molar-refractivity contribution in [2.75, 3.05) is 11.6 Å². The van der Waals surface area contributed by atoms with Crippen molar-refractivity contribution in [3.05, 3.63) is 17.0 Å². The van der Waals surface area contributed by atoms with Gasteiger partial charge < -0.3 is 11.6 Å². The highest BCUT2D eigenvalue weighted by Gasteiger charge is 2.38. The summed E-state index contributed by atoms with van der Waals surface area (Å²) in [6, 6.07) is 1.31. The first-order valence-corrected chi connectivity index (χ1v) is 5.72. The number of halogens is 4. The van der Waals surface area contributed by atoms with E-state index < -0.39 is 12.0 Å². The Hall–Kier alpha value is -1.75. The van der Waals surface area contributed by atoms with Crippen LogP contribution in [0.3, 0.4) is 0 Å². The number of hydrogen-bond donors (Lipinski definition) is 2. The Balaban J connectivity index is 2.32. The van der Waals surface area contributed by atoms with E-state index in [1.54, 1.807) is 0 Å². The molecule has 0 fully saturated rings. The highest BCUT2D eigenvalue weighted by atomic mass is 35.5. The standard InChI is InChI=1S/C7H5ClF3N7S/c8-2-1-3(15-5(12)14-2)19-6-17-16-4(18(6)13)7(9,10)11/h1H,13H2,(H2,12,14,15). The molecule has 0 atom stereocenters. The van der Waals surface area contributed by atoms with Crippen LogP contribution in [0.2, 0.25) is 5.15 Å². The number of aromatic nitrogens is 5. The number of rotatable bonds is 2. The number of nitrogens with two attached hydrogens (primary N) is 2. The monoisotopic (exact) mass is 311 g/mol. The molecule has 0 radical (unpaired) electrons. The second-order valence-corrected chi connectivity index (χ2v) is 4.54. The Morgan fingerprint density at radius 1 is 1.26 bits per heavy atom. The van der Waals surface area contributed by atoms with E-state index in [9.17, 15) is 13.2 Å². The van der Waals surface area contributed by atoms with Gasteiger partial charge in [0.25, 0.3) is 5.82 Å². The lowest BCUT2D eigenvalue weighted by molar-refractivity contribution is -0.146. The van der Waals surface area contributed by atoms with Gasteiger partial charge in [-0.25, -0.2) is 14.6 Å². The Bertz CT molecular complexity index is 593. The fraction of sp³-hybridized carbons (Fsp3) is 0.143. The first-order chi connectivity index (χ1) is 8.77. The smallest absolute Gasteiger partial charge is 0.368 e. The molecule has 7 nitrogen and oxygen atoms in total. The normalized spacial score (nSPS) is 11.8. The number of nitrogen functional groups attached to an aromatic ring is 2. The molecule has 19 heavy (non-hydrogen) atoms. The van der Waals surface area contributed by atoms with E-state index in [0.29, 0.717) is 4.68 Å². The first-order valence-electron chi connectivity index (χ1n) is 4.53. The molecule has 0 aliphatic rings. The molecule has 2 aromatic rings. The van der Waals surface area contributed by atoms with Gasteiger partial charge in [-0.1, -0.05) is 11.6 Å². The molecule has 0 aliphatic heterocycles. The largest absolute Gasteiger partial charge is 0.453 e. The van der Waals surface area contributed by atoms with Gasteiger partial charge in [0, 0.05) is 6.07 Å². The predicted molar refractivity (Wildman–Crippen MR) is 60.8 cm³/mol. The predicted octanol–water partition coefficient (Wildman–Crippen LogP) is 1.19. The van der Waals surface area contributed by atoms with Crippen LogP contribution in [-0.4, -0.2) is 24.8 Å². The average molecular weight is 312 g/mol. The Morgan fingerprint density at radius 2 is 1.95 bits per heavy atom. The van der Waals surface area contributed by atoms with Gasteiger partial charge in [-0.3, -0.25) is 0 Å². The fourth-order valence-corrected chi connectivity index (χ4v) is 2.12. The summed E-state index contributed by atoms with van der Waals surface area (Å²) in [6.45, 7) is 0. The summed E-state index contributed by atoms with van der Waals surface area (Å²) in [4.78, 5) is 7.38. The van der Waals surface area contributed by atoms with Crippen molar-refractivity contribution in [1.82, 2.24) is 24.8 Å². The minimum absolute atomic E-state index is 0.0501. The molecule has 0 spiro atoms. The first kappa shape index (κ1) is 13.7. The van der Waals surface area contributed by atoms with Crippen molar-refractivity contribution < 1.29 is 13.2 Å². The van der Waals surface area contributed by atoms with E-state index in [0.717, 1.165) is 11.8 Å². The van der Waals surface area contributed by atoms with Crippen LogP contribution in [-0.2, 0) is 6.18 Å². The van der Waals surface area contributed by atoms with E-state index in [4.69, 9.17) is 23.2 Å². The van der Waals surface area contributed by atoms with Gasteiger partial charge in [-0.2, -0.15) is 13.2 Å². The van der Waals surface area contributed by atoms with Crippen LogP contribution in [0.5, 0.6) is 0 Å². The highest BCUT2D eigenvalue weighted by molar-refractivity contribution is 7.99. The maximum Gasteiger partial charge on any atom is 0.453 e. The molecule has 0 amide bonds. The molecule has 2 aromatic heterocycles. The molecule has 0 unspecified atom stereocenters. The zero-order valence-electron chi connectivity index (χ0n) is 8.89. The molecule has 12 heteroatoms. The molecular weight excluding hydrogens is 307 g/mol. The van der Waals surface area contributed by atoms with E-state index in [-0.39, 0.29) is 21.3 Å². The summed E-state index contributed by atoms with van der Waals surface area (Å²) in [5.74, 6) is 3.82. The van der Waals surface area contributed by atoms with E-state index in [2.05, 4.69) is 20.2 Å². The van der Waals surface area contributed by atoms with E-state index >= 15 is 0 Å². The summed E-state index contributed by atoms with van der Waals surface area (Å²) in [5.41, 5.74) is 5.35. The summed E-state index contributed by atoms with van der Waals surface area (Å²) in [7, 11) is 0. The number of hydrogen-bond acceptors (Lipinski definition) is 7. The number of alkyl halides is 3. The van der Waals surface area contributed by atoms with Gasteiger partial charge in [0.05, 0.1) is 0 Å². The van der Waals surface area contributed by atoms with Gasteiger partial charge in [0.2, 0.25) is 11.1 Å². The number of anilines is 1. The van der Waals surface area contributed by atoms with Crippen LogP contribution in [0, 0.1) is 0 Å². The topological polar surface area (TPSA) is 109 Å². The van der Waals surface area contributed by atoms with Gasteiger partial charge in [-0.15, -0.1) is 10.2 Å². The second kappa shape index (κ2) is 4.74. The van der Waals surface area contributed by atoms with Crippen LogP contribution in [0.1, 0.15) is 5.82 Å². The SMILES string of the molecule is Nc1nc(Cl)cc(Sc2nnc(C(F)(F)F)n2N)n1. The fourth-order valence-electron chi connectivity index (χ4n) is 1.10. The van der Waals surface area contributed by atoms with Crippen LogP contribution in [0.25, 0.3) is 0 Å². The molecule has 2 rings (SSSR count). The van der Waals surface area contributed by atoms with Gasteiger partial charge in [0.1, 0.15) is 10.2 Å². The summed E-state index contributed by atoms with van der Waals surface area (Å²) >= 11 is 6.36. The van der Waals surface area contributed by atoms with Crippen molar-refractivity contribution in [3.8, 4) is 0 Å². The molecule has 0 aliphatic carbocycles. The molecule has 0 saturated carbocycles. The van der Waals surface area contributed by atoms with Crippen molar-refractivity contribution in [1.29, 1.82) is 0 Å². The maximum absolute atomic E-state index is 12.4. The Labute approximate surface area is 113 Å². The van der Waals surface area contributed by atoms with Crippen LogP contribution >= 0.6 is 23.4 Å². The average Bonchev–Trinajstić information content (AvgIpc) is 2.58. The third kappa shape index (κ3) is 2.98. The van der Waals surface area contributed by atoms with Gasteiger partial charge in [0.15, 0.2) is 0 Å². The summed E-state index contributed by atoms with van der Waals surface area (Å²) in [5, 5.41) is 6.33. The Kier molecular flexibility index (Phi) is 3.41. The van der Waals surface area contributed by atoms with Crippen molar-refractivity contribution >= 4 is 29.3 Å². The maximum atomic E-state index is 12.4. The lowest BCUT2D eigenvalue weighted by atomic mass is 10.6. The van der Waals surface area contributed by atoms with Crippen LogP contribution in [0.4, 0.5) is 19.1 Å². The molecule has 4 N–H and O–H groups in total. The molecular formula is C7H5ClF3N7S. The lowest BCUT2D eigenvalue weighted by Gasteiger charge is -2.05. The molecule has 0 bridgehead atoms. The molecule has 2 heterocycles. The minimum atomic E-state index is -4.69. The molecule has 0 aromatic carbocycles. The van der Waals surface area contributed by atoms with Crippen LogP contribution < -0.4 is 11.6 Å². The third-order valence-corrected chi connectivity index (χ3v) is 2.88. The Morgan fingerprint density at radius 3 is 2.47 bits per heavy atom.